The lowest BCUT2D eigenvalue weighted by atomic mass is 10.1. The number of hydrogen-bond donors (Lipinski definition) is 2. The minimum Gasteiger partial charge on any atom is -0.377 e. The van der Waals surface area contributed by atoms with Gasteiger partial charge in [0.15, 0.2) is 5.16 Å². The standard InChI is InChI=1S/C19H17N5O3S3/c1-10-3-5-11(6-4-10)12-8-28-17-15(12)16(26)21-18(22-17)29-9-13(25)20-19-24-23-14(30-19)7-27-2/h3-6,8H,7,9H2,1-2H3,(H,20,24,25)(H,21,22,26). The molecule has 0 spiro atoms. The topological polar surface area (TPSA) is 110 Å². The fraction of sp³-hybridized carbons (Fsp3) is 0.211. The van der Waals surface area contributed by atoms with Crippen LogP contribution in [0.25, 0.3) is 21.3 Å². The summed E-state index contributed by atoms with van der Waals surface area (Å²) in [7, 11) is 1.57. The first-order valence-corrected chi connectivity index (χ1v) is 11.5. The van der Waals surface area contributed by atoms with Gasteiger partial charge in [-0.2, -0.15) is 0 Å². The number of fused-ring (bicyclic) bond motifs is 1. The molecular formula is C19H17N5O3S3. The Bertz CT molecular complexity index is 1250. The van der Waals surface area contributed by atoms with Crippen molar-refractivity contribution in [2.75, 3.05) is 18.2 Å². The smallest absolute Gasteiger partial charge is 0.260 e. The summed E-state index contributed by atoms with van der Waals surface area (Å²) >= 11 is 3.83. The predicted octanol–water partition coefficient (Wildman–Crippen LogP) is 3.69. The molecule has 0 aliphatic carbocycles. The zero-order valence-corrected chi connectivity index (χ0v) is 18.5. The van der Waals surface area contributed by atoms with E-state index in [1.165, 1.54) is 22.7 Å². The zero-order chi connectivity index (χ0) is 21.1. The Morgan fingerprint density at radius 1 is 1.27 bits per heavy atom. The number of carbonyl (C=O) groups is 1. The number of aromatic amines is 1. The number of methoxy groups -OCH3 is 1. The predicted molar refractivity (Wildman–Crippen MR) is 120 cm³/mol. The Labute approximate surface area is 183 Å². The van der Waals surface area contributed by atoms with Crippen LogP contribution < -0.4 is 10.9 Å². The molecule has 0 unspecified atom stereocenters. The number of hydrogen-bond acceptors (Lipinski definition) is 9. The number of carbonyl (C=O) groups excluding carboxylic acids is 1. The Balaban J connectivity index is 1.46. The van der Waals surface area contributed by atoms with Crippen LogP contribution in [0, 0.1) is 6.92 Å². The highest BCUT2D eigenvalue weighted by atomic mass is 32.2. The Hall–Kier alpha value is -2.60. The first-order valence-electron chi connectivity index (χ1n) is 8.86. The SMILES string of the molecule is COCc1nnc(NC(=O)CSc2nc3scc(-c4ccc(C)cc4)c3c(=O)[nH]2)s1. The molecule has 3 aromatic heterocycles. The third-order valence-electron chi connectivity index (χ3n) is 4.11. The first-order chi connectivity index (χ1) is 14.5. The lowest BCUT2D eigenvalue weighted by Gasteiger charge is -2.03. The van der Waals surface area contributed by atoms with Gasteiger partial charge >= 0.3 is 0 Å². The van der Waals surface area contributed by atoms with E-state index < -0.39 is 0 Å². The van der Waals surface area contributed by atoms with Crippen molar-refractivity contribution < 1.29 is 9.53 Å². The fourth-order valence-electron chi connectivity index (χ4n) is 2.72. The van der Waals surface area contributed by atoms with Gasteiger partial charge in [-0.05, 0) is 12.5 Å². The number of thioether (sulfide) groups is 1. The van der Waals surface area contributed by atoms with E-state index in [-0.39, 0.29) is 17.2 Å². The lowest BCUT2D eigenvalue weighted by Crippen LogP contribution is -2.15. The van der Waals surface area contributed by atoms with Crippen LogP contribution in [0.1, 0.15) is 10.6 Å². The van der Waals surface area contributed by atoms with Crippen LogP contribution >= 0.6 is 34.4 Å². The van der Waals surface area contributed by atoms with Crippen LogP contribution in [-0.2, 0) is 16.1 Å². The van der Waals surface area contributed by atoms with Crippen LogP contribution in [-0.4, -0.2) is 38.9 Å². The van der Waals surface area contributed by atoms with E-state index in [1.807, 2.05) is 36.6 Å². The minimum atomic E-state index is -0.255. The second kappa shape index (κ2) is 9.04. The maximum Gasteiger partial charge on any atom is 0.260 e. The van der Waals surface area contributed by atoms with Crippen LogP contribution in [0.5, 0.6) is 0 Å². The van der Waals surface area contributed by atoms with Gasteiger partial charge in [0.1, 0.15) is 16.4 Å². The maximum atomic E-state index is 12.7. The molecule has 0 saturated heterocycles. The minimum absolute atomic E-state index is 0.0871. The molecule has 0 fully saturated rings. The zero-order valence-electron chi connectivity index (χ0n) is 16.1. The van der Waals surface area contributed by atoms with Crippen molar-refractivity contribution in [1.82, 2.24) is 20.2 Å². The summed E-state index contributed by atoms with van der Waals surface area (Å²) in [6.45, 7) is 2.37. The first kappa shape index (κ1) is 20.7. The number of benzene rings is 1. The summed E-state index contributed by atoms with van der Waals surface area (Å²) in [5.74, 6) is -0.168. The van der Waals surface area contributed by atoms with Gasteiger partial charge in [-0.25, -0.2) is 4.98 Å². The molecule has 1 aromatic carbocycles. The molecule has 3 heterocycles. The molecule has 0 bridgehead atoms. The van der Waals surface area contributed by atoms with Crippen LogP contribution in [0.15, 0.2) is 39.6 Å². The molecule has 0 radical (unpaired) electrons. The highest BCUT2D eigenvalue weighted by molar-refractivity contribution is 7.99. The third-order valence-corrected chi connectivity index (χ3v) is 6.66. The van der Waals surface area contributed by atoms with Gasteiger partial charge in [0.05, 0.1) is 11.1 Å². The molecule has 154 valence electrons. The number of nitrogens with one attached hydrogen (secondary N) is 2. The summed E-state index contributed by atoms with van der Waals surface area (Å²) in [6, 6.07) is 8.02. The molecule has 11 heteroatoms. The number of H-pyrrole nitrogens is 1. The number of ether oxygens (including phenoxy) is 1. The molecule has 4 aromatic rings. The van der Waals surface area contributed by atoms with Crippen LogP contribution in [0.4, 0.5) is 5.13 Å². The molecule has 0 aliphatic heterocycles. The van der Waals surface area contributed by atoms with E-state index >= 15 is 0 Å². The van der Waals surface area contributed by atoms with Crippen molar-refractivity contribution in [1.29, 1.82) is 0 Å². The highest BCUT2D eigenvalue weighted by Gasteiger charge is 2.14. The van der Waals surface area contributed by atoms with E-state index in [2.05, 4.69) is 25.5 Å². The monoisotopic (exact) mass is 459 g/mol. The average molecular weight is 460 g/mol. The van der Waals surface area contributed by atoms with Crippen LogP contribution in [0.3, 0.4) is 0 Å². The number of thiophene rings is 1. The van der Waals surface area contributed by atoms with Gasteiger partial charge in [-0.15, -0.1) is 21.5 Å². The molecule has 0 atom stereocenters. The Morgan fingerprint density at radius 3 is 2.83 bits per heavy atom. The molecule has 0 saturated carbocycles. The Morgan fingerprint density at radius 2 is 2.07 bits per heavy atom. The fourth-order valence-corrected chi connectivity index (χ4v) is 5.11. The summed E-state index contributed by atoms with van der Waals surface area (Å²) in [6.07, 6.45) is 0. The number of rotatable bonds is 7. The van der Waals surface area contributed by atoms with Crippen molar-refractivity contribution in [2.45, 2.75) is 18.7 Å². The Kier molecular flexibility index (Phi) is 6.23. The van der Waals surface area contributed by atoms with Crippen molar-refractivity contribution in [3.05, 3.63) is 50.6 Å². The molecule has 2 N–H and O–H groups in total. The normalized spacial score (nSPS) is 11.1. The molecule has 1 amide bonds. The summed E-state index contributed by atoms with van der Waals surface area (Å²) in [4.78, 5) is 32.8. The van der Waals surface area contributed by atoms with E-state index in [9.17, 15) is 9.59 Å². The summed E-state index contributed by atoms with van der Waals surface area (Å²) in [5.41, 5.74) is 2.78. The van der Waals surface area contributed by atoms with Gasteiger partial charge in [-0.1, -0.05) is 52.9 Å². The van der Waals surface area contributed by atoms with Gasteiger partial charge in [0.2, 0.25) is 11.0 Å². The molecule has 30 heavy (non-hydrogen) atoms. The number of aryl methyl sites for hydroxylation is 1. The van der Waals surface area contributed by atoms with Gasteiger partial charge in [0.25, 0.3) is 5.56 Å². The molecule has 8 nitrogen and oxygen atoms in total. The van der Waals surface area contributed by atoms with E-state index in [0.29, 0.717) is 32.1 Å². The maximum absolute atomic E-state index is 12.7. The van der Waals surface area contributed by atoms with E-state index in [1.54, 1.807) is 7.11 Å². The largest absolute Gasteiger partial charge is 0.377 e. The molecule has 0 aliphatic rings. The number of aromatic nitrogens is 4. The van der Waals surface area contributed by atoms with Gasteiger partial charge in [0, 0.05) is 18.1 Å². The molecule has 4 rings (SSSR count). The number of amides is 1. The third kappa shape index (κ3) is 4.59. The second-order valence-corrected chi connectivity index (χ2v) is 9.22. The summed E-state index contributed by atoms with van der Waals surface area (Å²) in [5, 5.41) is 14.5. The highest BCUT2D eigenvalue weighted by Crippen LogP contribution is 2.31. The quantitative estimate of drug-likeness (QED) is 0.320. The van der Waals surface area contributed by atoms with Crippen molar-refractivity contribution >= 4 is 55.7 Å². The van der Waals surface area contributed by atoms with Gasteiger partial charge < -0.3 is 9.72 Å². The summed E-state index contributed by atoms with van der Waals surface area (Å²) < 4.78 is 4.98. The van der Waals surface area contributed by atoms with E-state index in [4.69, 9.17) is 4.74 Å². The average Bonchev–Trinajstić information content (AvgIpc) is 3.34. The number of anilines is 1. The second-order valence-electron chi connectivity index (χ2n) is 6.34. The van der Waals surface area contributed by atoms with Gasteiger partial charge in [-0.3, -0.25) is 14.9 Å². The van der Waals surface area contributed by atoms with Crippen LogP contribution in [0.2, 0.25) is 0 Å². The molecular weight excluding hydrogens is 442 g/mol. The van der Waals surface area contributed by atoms with E-state index in [0.717, 1.165) is 28.5 Å². The van der Waals surface area contributed by atoms with Crippen molar-refractivity contribution in [3.63, 3.8) is 0 Å². The van der Waals surface area contributed by atoms with Crippen molar-refractivity contribution in [3.8, 4) is 11.1 Å². The van der Waals surface area contributed by atoms with Crippen molar-refractivity contribution in [2.24, 2.45) is 0 Å². The number of nitrogens with zero attached hydrogens (tertiary/aromatic N) is 3. The lowest BCUT2D eigenvalue weighted by molar-refractivity contribution is -0.113.